The molecule has 8 heteroatoms. The van der Waals surface area contributed by atoms with E-state index in [1.54, 1.807) is 34.6 Å². The van der Waals surface area contributed by atoms with Gasteiger partial charge in [-0.1, -0.05) is 25.1 Å². The molecular weight excluding hydrogens is 426 g/mol. The number of fused-ring (bicyclic) bond motifs is 1. The first kappa shape index (κ1) is 22.5. The highest BCUT2D eigenvalue weighted by molar-refractivity contribution is 7.89. The molecule has 1 fully saturated rings. The highest BCUT2D eigenvalue weighted by Crippen LogP contribution is 2.31. The average molecular weight is 456 g/mol. The Morgan fingerprint density at radius 3 is 2.50 bits per heavy atom. The molecule has 2 aromatic rings. The van der Waals surface area contributed by atoms with Crippen LogP contribution in [0.25, 0.3) is 0 Å². The minimum absolute atomic E-state index is 0.114. The highest BCUT2D eigenvalue weighted by Gasteiger charge is 2.30. The Balaban J connectivity index is 1.57. The molecule has 2 heterocycles. The van der Waals surface area contributed by atoms with Gasteiger partial charge in [0.25, 0.3) is 0 Å². The molecule has 0 bridgehead atoms. The number of carbonyl (C=O) groups is 2. The zero-order valence-electron chi connectivity index (χ0n) is 18.3. The molecule has 170 valence electrons. The average Bonchev–Trinajstić information content (AvgIpc) is 2.93. The number of para-hydroxylation sites is 1. The Kier molecular flexibility index (Phi) is 6.62. The Labute approximate surface area is 189 Å². The van der Waals surface area contributed by atoms with Crippen LogP contribution in [-0.2, 0) is 26.0 Å². The van der Waals surface area contributed by atoms with E-state index in [9.17, 15) is 18.0 Å². The molecular formula is C24H29N3O4S. The standard InChI is InChI=1S/C24H29N3O4S/c1-18-12-14-26(15-13-18)32(30,31)21-10-11-22-19(16-21)6-5-9-24(29)27(22)17-23(28)25-20-7-3-2-4-8-20/h2-4,7-8,10-11,16,18H,5-6,9,12-15,17H2,1H3,(H,25,28). The topological polar surface area (TPSA) is 86.8 Å². The lowest BCUT2D eigenvalue weighted by Crippen LogP contribution is -2.38. The molecule has 2 amide bonds. The first-order valence-electron chi connectivity index (χ1n) is 11.1. The van der Waals surface area contributed by atoms with Crippen LogP contribution >= 0.6 is 0 Å². The summed E-state index contributed by atoms with van der Waals surface area (Å²) in [4.78, 5) is 27.1. The summed E-state index contributed by atoms with van der Waals surface area (Å²) >= 11 is 0. The molecule has 0 saturated carbocycles. The van der Waals surface area contributed by atoms with Crippen LogP contribution in [0.2, 0.25) is 0 Å². The van der Waals surface area contributed by atoms with E-state index in [4.69, 9.17) is 0 Å². The summed E-state index contributed by atoms with van der Waals surface area (Å²) < 4.78 is 27.9. The van der Waals surface area contributed by atoms with Gasteiger partial charge < -0.3 is 10.2 Å². The molecule has 4 rings (SSSR count). The third-order valence-corrected chi connectivity index (χ3v) is 8.11. The van der Waals surface area contributed by atoms with Crippen molar-refractivity contribution in [3.05, 3.63) is 54.1 Å². The largest absolute Gasteiger partial charge is 0.325 e. The molecule has 0 spiro atoms. The summed E-state index contributed by atoms with van der Waals surface area (Å²) in [7, 11) is -3.57. The lowest BCUT2D eigenvalue weighted by atomic mass is 10.0. The van der Waals surface area contributed by atoms with E-state index >= 15 is 0 Å². The third kappa shape index (κ3) is 4.86. The monoisotopic (exact) mass is 455 g/mol. The molecule has 0 unspecified atom stereocenters. The van der Waals surface area contributed by atoms with Crippen molar-refractivity contribution in [1.82, 2.24) is 4.31 Å². The second-order valence-corrected chi connectivity index (χ2v) is 10.6. The van der Waals surface area contributed by atoms with E-state index in [0.717, 1.165) is 18.4 Å². The molecule has 0 radical (unpaired) electrons. The van der Waals surface area contributed by atoms with Gasteiger partial charge in [-0.3, -0.25) is 9.59 Å². The second kappa shape index (κ2) is 9.42. The number of rotatable bonds is 5. The van der Waals surface area contributed by atoms with Gasteiger partial charge in [0.2, 0.25) is 21.8 Å². The molecule has 2 aliphatic heterocycles. The van der Waals surface area contributed by atoms with Crippen molar-refractivity contribution >= 4 is 33.2 Å². The molecule has 1 saturated heterocycles. The van der Waals surface area contributed by atoms with Crippen molar-refractivity contribution in [1.29, 1.82) is 0 Å². The number of nitrogens with one attached hydrogen (secondary N) is 1. The number of hydrogen-bond donors (Lipinski definition) is 1. The maximum absolute atomic E-state index is 13.2. The van der Waals surface area contributed by atoms with Gasteiger partial charge >= 0.3 is 0 Å². The summed E-state index contributed by atoms with van der Waals surface area (Å²) in [5.41, 5.74) is 2.06. The molecule has 2 aromatic carbocycles. The Bertz CT molecular complexity index is 1090. The summed E-state index contributed by atoms with van der Waals surface area (Å²) in [5, 5.41) is 2.81. The third-order valence-electron chi connectivity index (χ3n) is 6.22. The fourth-order valence-corrected chi connectivity index (χ4v) is 5.82. The van der Waals surface area contributed by atoms with Gasteiger partial charge in [-0.15, -0.1) is 0 Å². The van der Waals surface area contributed by atoms with Crippen LogP contribution in [0.5, 0.6) is 0 Å². The lowest BCUT2D eigenvalue weighted by Gasteiger charge is -2.30. The fourth-order valence-electron chi connectivity index (χ4n) is 4.30. The molecule has 0 aromatic heterocycles. The van der Waals surface area contributed by atoms with Gasteiger partial charge in [0.15, 0.2) is 0 Å². The van der Waals surface area contributed by atoms with Crippen molar-refractivity contribution in [2.45, 2.75) is 43.9 Å². The van der Waals surface area contributed by atoms with Crippen molar-refractivity contribution in [2.24, 2.45) is 5.92 Å². The Hall–Kier alpha value is -2.71. The Morgan fingerprint density at radius 1 is 1.06 bits per heavy atom. The number of nitrogens with zero attached hydrogens (tertiary/aromatic N) is 2. The predicted molar refractivity (Wildman–Crippen MR) is 124 cm³/mol. The van der Waals surface area contributed by atoms with E-state index in [1.807, 2.05) is 18.2 Å². The predicted octanol–water partition coefficient (Wildman–Crippen LogP) is 3.42. The number of aryl methyl sites for hydroxylation is 1. The Morgan fingerprint density at radius 2 is 1.78 bits per heavy atom. The van der Waals surface area contributed by atoms with Crippen LogP contribution < -0.4 is 10.2 Å². The normalized spacial score (nSPS) is 18.2. The number of amides is 2. The van der Waals surface area contributed by atoms with E-state index < -0.39 is 10.0 Å². The van der Waals surface area contributed by atoms with Gasteiger partial charge in [0, 0.05) is 30.9 Å². The maximum atomic E-state index is 13.2. The highest BCUT2D eigenvalue weighted by atomic mass is 32.2. The molecule has 2 aliphatic rings. The van der Waals surface area contributed by atoms with Crippen LogP contribution in [0, 0.1) is 5.92 Å². The van der Waals surface area contributed by atoms with E-state index in [1.165, 1.54) is 4.90 Å². The molecule has 0 aliphatic carbocycles. The van der Waals surface area contributed by atoms with Gasteiger partial charge in [-0.05, 0) is 67.5 Å². The van der Waals surface area contributed by atoms with Crippen molar-refractivity contribution in [3.63, 3.8) is 0 Å². The summed E-state index contributed by atoms with van der Waals surface area (Å²) in [6, 6.07) is 14.0. The number of piperidine rings is 1. The van der Waals surface area contributed by atoms with Crippen LogP contribution in [0.1, 0.15) is 38.2 Å². The summed E-state index contributed by atoms with van der Waals surface area (Å²) in [5.74, 6) is 0.110. The van der Waals surface area contributed by atoms with Crippen LogP contribution in [0.4, 0.5) is 11.4 Å². The van der Waals surface area contributed by atoms with Crippen LogP contribution in [-0.4, -0.2) is 44.2 Å². The number of sulfonamides is 1. The first-order chi connectivity index (χ1) is 15.3. The quantitative estimate of drug-likeness (QED) is 0.749. The van der Waals surface area contributed by atoms with E-state index in [-0.39, 0.29) is 23.3 Å². The SMILES string of the molecule is CC1CCN(S(=O)(=O)c2ccc3c(c2)CCCC(=O)N3CC(=O)Nc2ccccc2)CC1. The zero-order valence-corrected chi connectivity index (χ0v) is 19.1. The zero-order chi connectivity index (χ0) is 22.7. The summed E-state index contributed by atoms with van der Waals surface area (Å²) in [6.45, 7) is 3.10. The van der Waals surface area contributed by atoms with Crippen LogP contribution in [0.15, 0.2) is 53.4 Å². The maximum Gasteiger partial charge on any atom is 0.244 e. The van der Waals surface area contributed by atoms with E-state index in [2.05, 4.69) is 12.2 Å². The van der Waals surface area contributed by atoms with Gasteiger partial charge in [-0.2, -0.15) is 4.31 Å². The first-order valence-corrected chi connectivity index (χ1v) is 12.6. The minimum atomic E-state index is -3.57. The number of carbonyl (C=O) groups excluding carboxylic acids is 2. The van der Waals surface area contributed by atoms with Crippen molar-refractivity contribution < 1.29 is 18.0 Å². The molecule has 32 heavy (non-hydrogen) atoms. The molecule has 1 N–H and O–H groups in total. The molecule has 0 atom stereocenters. The van der Waals surface area contributed by atoms with Gasteiger partial charge in [0.05, 0.1) is 4.90 Å². The number of hydrogen-bond acceptors (Lipinski definition) is 4. The second-order valence-electron chi connectivity index (χ2n) is 8.62. The van der Waals surface area contributed by atoms with Gasteiger partial charge in [0.1, 0.15) is 6.54 Å². The van der Waals surface area contributed by atoms with Crippen molar-refractivity contribution in [2.75, 3.05) is 29.9 Å². The fraction of sp³-hybridized carbons (Fsp3) is 0.417. The number of anilines is 2. The lowest BCUT2D eigenvalue weighted by molar-refractivity contribution is -0.121. The van der Waals surface area contributed by atoms with Crippen molar-refractivity contribution in [3.8, 4) is 0 Å². The minimum Gasteiger partial charge on any atom is -0.325 e. The number of benzene rings is 2. The molecule has 7 nitrogen and oxygen atoms in total. The smallest absolute Gasteiger partial charge is 0.244 e. The van der Waals surface area contributed by atoms with Gasteiger partial charge in [-0.25, -0.2) is 8.42 Å². The van der Waals surface area contributed by atoms with Crippen LogP contribution in [0.3, 0.4) is 0 Å². The van der Waals surface area contributed by atoms with E-state index in [0.29, 0.717) is 49.6 Å². The summed E-state index contributed by atoms with van der Waals surface area (Å²) in [6.07, 6.45) is 3.26.